The van der Waals surface area contributed by atoms with E-state index in [4.69, 9.17) is 16.9 Å². The molecule has 0 aliphatic heterocycles. The first-order valence-corrected chi connectivity index (χ1v) is 6.31. The van der Waals surface area contributed by atoms with E-state index in [1.807, 2.05) is 18.3 Å². The van der Waals surface area contributed by atoms with E-state index in [0.29, 0.717) is 10.6 Å². The van der Waals surface area contributed by atoms with E-state index in [9.17, 15) is 0 Å². The first-order chi connectivity index (χ1) is 8.20. The maximum atomic E-state index is 8.78. The monoisotopic (exact) mass is 263 g/mol. The highest BCUT2D eigenvalue weighted by Crippen LogP contribution is 2.25. The second-order valence-corrected chi connectivity index (χ2v) is 4.90. The highest BCUT2D eigenvalue weighted by Gasteiger charge is 2.08. The Labute approximate surface area is 109 Å². The molecule has 0 saturated carbocycles. The lowest BCUT2D eigenvalue weighted by Crippen LogP contribution is -2.04. The van der Waals surface area contributed by atoms with E-state index in [1.165, 1.54) is 0 Å². The Bertz CT molecular complexity index is 545. The zero-order valence-electron chi connectivity index (χ0n) is 9.14. The molecule has 1 aromatic carbocycles. The number of aromatic nitrogens is 1. The van der Waals surface area contributed by atoms with Crippen molar-refractivity contribution in [2.24, 2.45) is 0 Å². The molecule has 2 aromatic rings. The molecule has 5 heteroatoms. The Hall–Kier alpha value is -1.57. The molecular weight excluding hydrogens is 254 g/mol. The molecule has 1 aromatic heterocycles. The topological polar surface area (TPSA) is 48.7 Å². The van der Waals surface area contributed by atoms with Gasteiger partial charge in [0.15, 0.2) is 0 Å². The van der Waals surface area contributed by atoms with E-state index >= 15 is 0 Å². The summed E-state index contributed by atoms with van der Waals surface area (Å²) < 4.78 is 0. The Morgan fingerprint density at radius 1 is 1.53 bits per heavy atom. The molecule has 86 valence electrons. The molecule has 0 fully saturated rings. The van der Waals surface area contributed by atoms with E-state index < -0.39 is 0 Å². The molecule has 0 spiro atoms. The van der Waals surface area contributed by atoms with Crippen LogP contribution in [0.5, 0.6) is 0 Å². The zero-order valence-corrected chi connectivity index (χ0v) is 10.7. The Balaban J connectivity index is 2.15. The predicted molar refractivity (Wildman–Crippen MR) is 70.3 cm³/mol. The molecule has 2 rings (SSSR count). The number of anilines is 1. The van der Waals surface area contributed by atoms with Crippen LogP contribution in [0.15, 0.2) is 29.9 Å². The molecule has 1 atom stereocenters. The van der Waals surface area contributed by atoms with Gasteiger partial charge in [0.05, 0.1) is 22.1 Å². The van der Waals surface area contributed by atoms with Gasteiger partial charge in [0, 0.05) is 16.8 Å². The van der Waals surface area contributed by atoms with Crippen LogP contribution in [0, 0.1) is 11.3 Å². The third-order valence-corrected chi connectivity index (χ3v) is 3.62. The van der Waals surface area contributed by atoms with Crippen LogP contribution >= 0.6 is 22.9 Å². The van der Waals surface area contributed by atoms with Gasteiger partial charge in [0.1, 0.15) is 6.07 Å². The molecule has 1 heterocycles. The molecular formula is C12H10ClN3S. The number of hydrogen-bond donors (Lipinski definition) is 1. The fraction of sp³-hybridized carbons (Fsp3) is 0.167. The number of thiazole rings is 1. The quantitative estimate of drug-likeness (QED) is 0.915. The summed E-state index contributed by atoms with van der Waals surface area (Å²) in [5, 5.41) is 12.6. The van der Waals surface area contributed by atoms with Crippen LogP contribution in [0.2, 0.25) is 5.02 Å². The summed E-state index contributed by atoms with van der Waals surface area (Å²) in [5.41, 5.74) is 3.19. The molecule has 0 aliphatic rings. The molecule has 1 N–H and O–H groups in total. The first-order valence-electron chi connectivity index (χ1n) is 5.05. The van der Waals surface area contributed by atoms with Crippen molar-refractivity contribution in [2.75, 3.05) is 5.32 Å². The van der Waals surface area contributed by atoms with Crippen molar-refractivity contribution in [1.29, 1.82) is 5.26 Å². The molecule has 17 heavy (non-hydrogen) atoms. The van der Waals surface area contributed by atoms with Crippen LogP contribution in [0.3, 0.4) is 0 Å². The fourth-order valence-electron chi connectivity index (χ4n) is 1.46. The summed E-state index contributed by atoms with van der Waals surface area (Å²) in [4.78, 5) is 5.20. The molecule has 0 bridgehead atoms. The van der Waals surface area contributed by atoms with Gasteiger partial charge in [-0.1, -0.05) is 11.6 Å². The molecule has 1 unspecified atom stereocenters. The van der Waals surface area contributed by atoms with Crippen LogP contribution in [0.4, 0.5) is 5.69 Å². The van der Waals surface area contributed by atoms with Gasteiger partial charge in [-0.3, -0.25) is 4.98 Å². The third-order valence-electron chi connectivity index (χ3n) is 2.35. The number of nitriles is 1. The SMILES string of the molecule is CC(Nc1ccc(C#N)c(Cl)c1)c1cncs1. The van der Waals surface area contributed by atoms with E-state index in [-0.39, 0.29) is 6.04 Å². The Morgan fingerprint density at radius 2 is 2.35 bits per heavy atom. The van der Waals surface area contributed by atoms with Gasteiger partial charge in [-0.05, 0) is 25.1 Å². The van der Waals surface area contributed by atoms with Gasteiger partial charge in [-0.2, -0.15) is 5.26 Å². The highest BCUT2D eigenvalue weighted by molar-refractivity contribution is 7.09. The lowest BCUT2D eigenvalue weighted by atomic mass is 10.2. The molecule has 0 saturated heterocycles. The van der Waals surface area contributed by atoms with Gasteiger partial charge < -0.3 is 5.32 Å². The maximum Gasteiger partial charge on any atom is 0.101 e. The van der Waals surface area contributed by atoms with E-state index in [2.05, 4.69) is 17.2 Å². The minimum absolute atomic E-state index is 0.173. The van der Waals surface area contributed by atoms with E-state index in [1.54, 1.807) is 29.0 Å². The van der Waals surface area contributed by atoms with Gasteiger partial charge in [-0.25, -0.2) is 0 Å². The largest absolute Gasteiger partial charge is 0.378 e. The average molecular weight is 264 g/mol. The highest BCUT2D eigenvalue weighted by atomic mass is 35.5. The summed E-state index contributed by atoms with van der Waals surface area (Å²) in [7, 11) is 0. The van der Waals surface area contributed by atoms with Crippen molar-refractivity contribution >= 4 is 28.6 Å². The van der Waals surface area contributed by atoms with Crippen LogP contribution < -0.4 is 5.32 Å². The van der Waals surface area contributed by atoms with Crippen molar-refractivity contribution in [2.45, 2.75) is 13.0 Å². The summed E-state index contributed by atoms with van der Waals surface area (Å²) >= 11 is 7.57. The molecule has 3 nitrogen and oxygen atoms in total. The summed E-state index contributed by atoms with van der Waals surface area (Å²) in [6.07, 6.45) is 1.84. The zero-order chi connectivity index (χ0) is 12.3. The van der Waals surface area contributed by atoms with Gasteiger partial charge in [0.25, 0.3) is 0 Å². The standard InChI is InChI=1S/C12H10ClN3S/c1-8(12-6-15-7-17-12)16-10-3-2-9(5-14)11(13)4-10/h2-4,6-8,16H,1H3. The van der Waals surface area contributed by atoms with E-state index in [0.717, 1.165) is 10.6 Å². The van der Waals surface area contributed by atoms with Gasteiger partial charge in [-0.15, -0.1) is 11.3 Å². The first kappa shape index (κ1) is 11.9. The fourth-order valence-corrected chi connectivity index (χ4v) is 2.31. The van der Waals surface area contributed by atoms with Crippen molar-refractivity contribution in [3.63, 3.8) is 0 Å². The predicted octanol–water partition coefficient (Wildman–Crippen LogP) is 3.84. The smallest absolute Gasteiger partial charge is 0.101 e. The number of nitrogens with zero attached hydrogens (tertiary/aromatic N) is 2. The normalized spacial score (nSPS) is 11.8. The molecule has 0 amide bonds. The third kappa shape index (κ3) is 2.76. The summed E-state index contributed by atoms with van der Waals surface area (Å²) in [6, 6.07) is 7.53. The van der Waals surface area contributed by atoms with Crippen molar-refractivity contribution < 1.29 is 0 Å². The lowest BCUT2D eigenvalue weighted by molar-refractivity contribution is 0.903. The van der Waals surface area contributed by atoms with Crippen LogP contribution in [0.1, 0.15) is 23.4 Å². The second-order valence-electron chi connectivity index (χ2n) is 3.58. The summed E-state index contributed by atoms with van der Waals surface area (Å²) in [5.74, 6) is 0. The maximum absolute atomic E-state index is 8.78. The number of hydrogen-bond acceptors (Lipinski definition) is 4. The van der Waals surface area contributed by atoms with Crippen molar-refractivity contribution in [3.8, 4) is 6.07 Å². The van der Waals surface area contributed by atoms with Gasteiger partial charge in [0.2, 0.25) is 0 Å². The second kappa shape index (κ2) is 5.17. The lowest BCUT2D eigenvalue weighted by Gasteiger charge is -2.13. The molecule has 0 radical (unpaired) electrons. The van der Waals surface area contributed by atoms with Crippen LogP contribution in [0.25, 0.3) is 0 Å². The van der Waals surface area contributed by atoms with Crippen molar-refractivity contribution in [1.82, 2.24) is 4.98 Å². The minimum Gasteiger partial charge on any atom is -0.378 e. The number of benzene rings is 1. The Morgan fingerprint density at radius 3 is 2.94 bits per heavy atom. The number of nitrogens with one attached hydrogen (secondary N) is 1. The Kier molecular flexibility index (Phi) is 3.62. The number of halogens is 1. The van der Waals surface area contributed by atoms with Crippen molar-refractivity contribution in [3.05, 3.63) is 45.4 Å². The number of rotatable bonds is 3. The van der Waals surface area contributed by atoms with Crippen LogP contribution in [-0.4, -0.2) is 4.98 Å². The van der Waals surface area contributed by atoms with Crippen LogP contribution in [-0.2, 0) is 0 Å². The molecule has 0 aliphatic carbocycles. The van der Waals surface area contributed by atoms with Gasteiger partial charge >= 0.3 is 0 Å². The summed E-state index contributed by atoms with van der Waals surface area (Å²) in [6.45, 7) is 2.06. The minimum atomic E-state index is 0.173. The average Bonchev–Trinajstić information content (AvgIpc) is 2.82.